The van der Waals surface area contributed by atoms with Crippen molar-refractivity contribution in [2.45, 2.75) is 26.3 Å². The summed E-state index contributed by atoms with van der Waals surface area (Å²) >= 11 is 0. The van der Waals surface area contributed by atoms with Gasteiger partial charge in [0.25, 0.3) is 5.69 Å². The molecule has 0 unspecified atom stereocenters. The Morgan fingerprint density at radius 3 is 2.82 bits per heavy atom. The van der Waals surface area contributed by atoms with Crippen molar-refractivity contribution in [2.24, 2.45) is 0 Å². The number of oxazole rings is 1. The number of nitro benzene ring substituents is 1. The van der Waals surface area contributed by atoms with E-state index < -0.39 is 10.7 Å². The molecule has 0 bridgehead atoms. The van der Waals surface area contributed by atoms with Crippen LogP contribution < -0.4 is 5.76 Å². The van der Waals surface area contributed by atoms with Crippen molar-refractivity contribution in [3.05, 3.63) is 38.9 Å². The van der Waals surface area contributed by atoms with E-state index in [1.54, 1.807) is 11.9 Å². The van der Waals surface area contributed by atoms with Crippen molar-refractivity contribution in [1.29, 1.82) is 0 Å². The van der Waals surface area contributed by atoms with Crippen LogP contribution in [0.25, 0.3) is 11.1 Å². The summed E-state index contributed by atoms with van der Waals surface area (Å²) in [6.45, 7) is 2.85. The lowest BCUT2D eigenvalue weighted by Gasteiger charge is -2.13. The zero-order chi connectivity index (χ0) is 16.3. The standard InChI is InChI=1S/C14H17N3O5/c1-3-15(2)13(18)5-4-8-16-11-7-6-10(17(20)21)9-12(11)22-14(16)19/h6-7,9H,3-5,8H2,1-2H3. The van der Waals surface area contributed by atoms with Gasteiger partial charge in [-0.1, -0.05) is 0 Å². The first-order chi connectivity index (χ1) is 10.4. The largest absolute Gasteiger partial charge is 0.419 e. The molecule has 0 aliphatic rings. The highest BCUT2D eigenvalue weighted by atomic mass is 16.6. The van der Waals surface area contributed by atoms with Crippen molar-refractivity contribution in [3.8, 4) is 0 Å². The fraction of sp³-hybridized carbons (Fsp3) is 0.429. The number of benzene rings is 1. The number of aromatic nitrogens is 1. The Labute approximate surface area is 126 Å². The van der Waals surface area contributed by atoms with Crippen LogP contribution in [0.3, 0.4) is 0 Å². The normalized spacial score (nSPS) is 10.8. The first-order valence-electron chi connectivity index (χ1n) is 6.95. The molecule has 1 amide bonds. The fourth-order valence-corrected chi connectivity index (χ4v) is 2.14. The Bertz CT molecular complexity index is 761. The van der Waals surface area contributed by atoms with Crippen LogP contribution in [0.1, 0.15) is 19.8 Å². The van der Waals surface area contributed by atoms with Crippen LogP contribution in [0.2, 0.25) is 0 Å². The van der Waals surface area contributed by atoms with Gasteiger partial charge in [-0.25, -0.2) is 4.79 Å². The molecule has 0 saturated heterocycles. The number of rotatable bonds is 6. The number of aryl methyl sites for hydroxylation is 1. The van der Waals surface area contributed by atoms with Crippen LogP contribution in [-0.2, 0) is 11.3 Å². The molecule has 0 N–H and O–H groups in total. The Kier molecular flexibility index (Phi) is 4.59. The summed E-state index contributed by atoms with van der Waals surface area (Å²) in [6, 6.07) is 4.03. The molecule has 1 aromatic carbocycles. The van der Waals surface area contributed by atoms with Gasteiger partial charge in [-0.05, 0) is 19.4 Å². The lowest BCUT2D eigenvalue weighted by Crippen LogP contribution is -2.26. The molecule has 0 saturated carbocycles. The maximum atomic E-state index is 11.8. The third-order valence-corrected chi connectivity index (χ3v) is 3.54. The molecule has 0 radical (unpaired) electrons. The number of carbonyl (C=O) groups is 1. The summed E-state index contributed by atoms with van der Waals surface area (Å²) in [5.74, 6) is -0.564. The Morgan fingerprint density at radius 2 is 2.18 bits per heavy atom. The monoisotopic (exact) mass is 307 g/mol. The average molecular weight is 307 g/mol. The molecule has 0 aliphatic heterocycles. The average Bonchev–Trinajstić information content (AvgIpc) is 2.81. The predicted molar refractivity (Wildman–Crippen MR) is 79.7 cm³/mol. The molecule has 2 rings (SSSR count). The van der Waals surface area contributed by atoms with Crippen LogP contribution in [0, 0.1) is 10.1 Å². The summed E-state index contributed by atoms with van der Waals surface area (Å²) in [6.07, 6.45) is 0.825. The highest BCUT2D eigenvalue weighted by Crippen LogP contribution is 2.20. The summed E-state index contributed by atoms with van der Waals surface area (Å²) in [5, 5.41) is 10.7. The van der Waals surface area contributed by atoms with E-state index >= 15 is 0 Å². The number of nitro groups is 1. The summed E-state index contributed by atoms with van der Waals surface area (Å²) in [5.41, 5.74) is 0.538. The van der Waals surface area contributed by atoms with Gasteiger partial charge in [-0.15, -0.1) is 0 Å². The highest BCUT2D eigenvalue weighted by molar-refractivity contribution is 5.76. The maximum Gasteiger partial charge on any atom is 0.419 e. The van der Waals surface area contributed by atoms with E-state index in [0.29, 0.717) is 31.4 Å². The fourth-order valence-electron chi connectivity index (χ4n) is 2.14. The van der Waals surface area contributed by atoms with Gasteiger partial charge in [0.2, 0.25) is 5.91 Å². The number of fused-ring (bicyclic) bond motifs is 1. The topological polar surface area (TPSA) is 98.6 Å². The van der Waals surface area contributed by atoms with Crippen LogP contribution in [-0.4, -0.2) is 33.9 Å². The maximum absolute atomic E-state index is 11.8. The molecule has 8 nitrogen and oxygen atoms in total. The van der Waals surface area contributed by atoms with Gasteiger partial charge in [0, 0.05) is 32.6 Å². The van der Waals surface area contributed by atoms with Gasteiger partial charge in [0.15, 0.2) is 5.58 Å². The van der Waals surface area contributed by atoms with Crippen molar-refractivity contribution in [2.75, 3.05) is 13.6 Å². The highest BCUT2D eigenvalue weighted by Gasteiger charge is 2.14. The molecule has 0 fully saturated rings. The molecule has 22 heavy (non-hydrogen) atoms. The van der Waals surface area contributed by atoms with Gasteiger partial charge in [0.05, 0.1) is 16.5 Å². The number of hydrogen-bond acceptors (Lipinski definition) is 5. The van der Waals surface area contributed by atoms with E-state index in [4.69, 9.17) is 4.42 Å². The lowest BCUT2D eigenvalue weighted by molar-refractivity contribution is -0.384. The quantitative estimate of drug-likeness (QED) is 0.598. The van der Waals surface area contributed by atoms with Crippen LogP contribution in [0.5, 0.6) is 0 Å². The molecule has 8 heteroatoms. The van der Waals surface area contributed by atoms with Crippen molar-refractivity contribution in [3.63, 3.8) is 0 Å². The molecule has 1 heterocycles. The van der Waals surface area contributed by atoms with Crippen molar-refractivity contribution < 1.29 is 14.1 Å². The smallest absolute Gasteiger partial charge is 0.407 e. The summed E-state index contributed by atoms with van der Waals surface area (Å²) in [7, 11) is 1.72. The number of amides is 1. The van der Waals surface area contributed by atoms with Gasteiger partial charge in [-0.3, -0.25) is 19.5 Å². The van der Waals surface area contributed by atoms with E-state index in [1.807, 2.05) is 6.92 Å². The molecule has 0 aliphatic carbocycles. The minimum absolute atomic E-state index is 0.0130. The van der Waals surface area contributed by atoms with Crippen LogP contribution in [0.4, 0.5) is 5.69 Å². The zero-order valence-corrected chi connectivity index (χ0v) is 12.4. The molecular formula is C14H17N3O5. The van der Waals surface area contributed by atoms with E-state index in [9.17, 15) is 19.7 Å². The summed E-state index contributed by atoms with van der Waals surface area (Å²) < 4.78 is 6.41. The second-order valence-corrected chi connectivity index (χ2v) is 4.94. The second-order valence-electron chi connectivity index (χ2n) is 4.94. The molecule has 1 aromatic heterocycles. The van der Waals surface area contributed by atoms with E-state index in [-0.39, 0.29) is 17.2 Å². The van der Waals surface area contributed by atoms with Crippen LogP contribution in [0.15, 0.2) is 27.4 Å². The Morgan fingerprint density at radius 1 is 1.45 bits per heavy atom. The minimum Gasteiger partial charge on any atom is -0.407 e. The van der Waals surface area contributed by atoms with Gasteiger partial charge < -0.3 is 9.32 Å². The number of non-ortho nitro benzene ring substituents is 1. The molecule has 0 atom stereocenters. The Balaban J connectivity index is 2.15. The zero-order valence-electron chi connectivity index (χ0n) is 12.4. The van der Waals surface area contributed by atoms with Gasteiger partial charge >= 0.3 is 5.76 Å². The SMILES string of the molecule is CCN(C)C(=O)CCCn1c(=O)oc2cc([N+](=O)[O-])ccc21. The van der Waals surface area contributed by atoms with E-state index in [2.05, 4.69) is 0 Å². The third-order valence-electron chi connectivity index (χ3n) is 3.54. The number of nitrogens with zero attached hydrogens (tertiary/aromatic N) is 3. The first kappa shape index (κ1) is 15.7. The lowest BCUT2D eigenvalue weighted by atomic mass is 10.2. The van der Waals surface area contributed by atoms with E-state index in [1.165, 1.54) is 22.8 Å². The van der Waals surface area contributed by atoms with Gasteiger partial charge in [-0.2, -0.15) is 0 Å². The Hall–Kier alpha value is -2.64. The van der Waals surface area contributed by atoms with Crippen LogP contribution >= 0.6 is 0 Å². The number of hydrogen-bond donors (Lipinski definition) is 0. The van der Waals surface area contributed by atoms with Crippen molar-refractivity contribution >= 4 is 22.7 Å². The molecule has 0 spiro atoms. The summed E-state index contributed by atoms with van der Waals surface area (Å²) in [4.78, 5) is 35.3. The molecular weight excluding hydrogens is 290 g/mol. The minimum atomic E-state index is -0.577. The second kappa shape index (κ2) is 6.42. The van der Waals surface area contributed by atoms with Gasteiger partial charge in [0.1, 0.15) is 0 Å². The molecule has 2 aromatic rings. The predicted octanol–water partition coefficient (Wildman–Crippen LogP) is 1.76. The first-order valence-corrected chi connectivity index (χ1v) is 6.95. The van der Waals surface area contributed by atoms with Crippen molar-refractivity contribution in [1.82, 2.24) is 9.47 Å². The molecule has 118 valence electrons. The number of carbonyl (C=O) groups excluding carboxylic acids is 1. The van der Waals surface area contributed by atoms with E-state index in [0.717, 1.165) is 0 Å². The third kappa shape index (κ3) is 3.16.